The van der Waals surface area contributed by atoms with E-state index in [4.69, 9.17) is 9.47 Å². The number of hydrogen-bond donors (Lipinski definition) is 1. The fourth-order valence-corrected chi connectivity index (χ4v) is 10.8. The van der Waals surface area contributed by atoms with Gasteiger partial charge in [0.15, 0.2) is 17.1 Å². The third-order valence-corrected chi connectivity index (χ3v) is 13.0. The van der Waals surface area contributed by atoms with E-state index in [0.717, 1.165) is 22.7 Å². The molecule has 1 aromatic heterocycles. The number of carbonyl (C=O) groups excluding carboxylic acids is 4. The monoisotopic (exact) mass is 620 g/mol. The molecule has 4 fully saturated rings. The molecule has 226 valence electrons. The van der Waals surface area contributed by atoms with E-state index in [1.807, 2.05) is 6.92 Å². The first kappa shape index (κ1) is 29.7. The maximum atomic E-state index is 17.7. The predicted octanol–water partition coefficient (Wildman–Crippen LogP) is 5.09. The van der Waals surface area contributed by atoms with Crippen molar-refractivity contribution in [1.29, 1.82) is 0 Å². The van der Waals surface area contributed by atoms with Crippen molar-refractivity contribution in [3.63, 3.8) is 0 Å². The second kappa shape index (κ2) is 9.82. The summed E-state index contributed by atoms with van der Waals surface area (Å²) in [6.07, 6.45) is 0.455. The molecule has 7 nitrogen and oxygen atoms in total. The molecule has 6 rings (SSSR count). The molecule has 1 saturated heterocycles. The van der Waals surface area contributed by atoms with E-state index in [0.29, 0.717) is 11.3 Å². The molecule has 0 bridgehead atoms. The van der Waals surface area contributed by atoms with E-state index in [2.05, 4.69) is 0 Å². The number of cyclic esters (lactones) is 1. The lowest BCUT2D eigenvalue weighted by molar-refractivity contribution is -0.221. The lowest BCUT2D eigenvalue weighted by Gasteiger charge is -2.63. The van der Waals surface area contributed by atoms with Crippen molar-refractivity contribution in [2.75, 3.05) is 6.61 Å². The number of thioether (sulfide) groups is 1. The summed E-state index contributed by atoms with van der Waals surface area (Å²) in [5.41, 5.74) is -7.01. The minimum Gasteiger partial charge on any atom is -0.465 e. The Morgan fingerprint density at radius 2 is 1.93 bits per heavy atom. The molecule has 0 spiro atoms. The van der Waals surface area contributed by atoms with Crippen LogP contribution in [0, 0.1) is 35.5 Å². The Morgan fingerprint density at radius 1 is 1.19 bits per heavy atom. The molecule has 0 amide bonds. The van der Waals surface area contributed by atoms with Crippen LogP contribution in [-0.2, 0) is 23.9 Å². The van der Waals surface area contributed by atoms with Crippen molar-refractivity contribution in [2.45, 2.75) is 82.2 Å². The predicted molar refractivity (Wildman–Crippen MR) is 152 cm³/mol. The van der Waals surface area contributed by atoms with Gasteiger partial charge in [-0.3, -0.25) is 14.4 Å². The molecule has 4 aliphatic carbocycles. The minimum atomic E-state index is -2.33. The number of esters is 2. The van der Waals surface area contributed by atoms with Crippen LogP contribution in [-0.4, -0.2) is 63.3 Å². The molecule has 1 N–H and O–H groups in total. The summed E-state index contributed by atoms with van der Waals surface area (Å²) in [7, 11) is 0. The average Bonchev–Trinajstić information content (AvgIpc) is 3.60. The number of allylic oxidation sites excluding steroid dienone is 4. The normalized spacial score (nSPS) is 44.1. The zero-order chi connectivity index (χ0) is 30.4. The number of aryl methyl sites for hydroxylation is 1. The first-order valence-electron chi connectivity index (χ1n) is 14.3. The van der Waals surface area contributed by atoms with Gasteiger partial charge >= 0.3 is 11.9 Å². The second-order valence-electron chi connectivity index (χ2n) is 12.9. The smallest absolute Gasteiger partial charge is 0.349 e. The van der Waals surface area contributed by atoms with Crippen LogP contribution in [0.3, 0.4) is 0 Å². The van der Waals surface area contributed by atoms with Crippen molar-refractivity contribution in [2.24, 2.45) is 28.6 Å². The van der Waals surface area contributed by atoms with Crippen molar-refractivity contribution in [3.05, 3.63) is 45.7 Å². The summed E-state index contributed by atoms with van der Waals surface area (Å²) >= 11 is 1.98. The molecule has 1 aromatic rings. The van der Waals surface area contributed by atoms with Crippen molar-refractivity contribution < 1.29 is 42.5 Å². The van der Waals surface area contributed by atoms with Gasteiger partial charge in [-0.15, -0.1) is 11.3 Å². The van der Waals surface area contributed by atoms with Gasteiger partial charge in [-0.25, -0.2) is 13.6 Å². The molecular formula is C31H34F2O7S2. The van der Waals surface area contributed by atoms with Crippen LogP contribution in [0.2, 0.25) is 0 Å². The van der Waals surface area contributed by atoms with Gasteiger partial charge in [0.25, 0.3) is 0 Å². The third kappa shape index (κ3) is 3.84. The molecule has 3 saturated carbocycles. The third-order valence-electron chi connectivity index (χ3n) is 10.8. The second-order valence-corrected chi connectivity index (χ2v) is 15.3. The van der Waals surface area contributed by atoms with Crippen molar-refractivity contribution in [3.8, 4) is 0 Å². The van der Waals surface area contributed by atoms with Gasteiger partial charge in [0, 0.05) is 34.0 Å². The number of rotatable bonds is 4. The SMILES string of the molecule is Cc1ccc(C(=O)O[C@]2(C(=O)S[C@H]3CCOC3=O)[C@H](C)C[C@H]3[C@@H]4C[C@H](F)C5=CC(=O)C=C[C@]5(C)[C@@]4(F)[C@@H](O)C[C@@]32C)s1. The summed E-state index contributed by atoms with van der Waals surface area (Å²) in [6.45, 7) is 7.02. The van der Waals surface area contributed by atoms with Crippen molar-refractivity contribution in [1.82, 2.24) is 0 Å². The zero-order valence-corrected chi connectivity index (χ0v) is 25.5. The molecule has 5 aliphatic rings. The van der Waals surface area contributed by atoms with Crippen LogP contribution in [0.5, 0.6) is 0 Å². The highest BCUT2D eigenvalue weighted by Gasteiger charge is 2.78. The first-order chi connectivity index (χ1) is 19.7. The number of alkyl halides is 2. The summed E-state index contributed by atoms with van der Waals surface area (Å²) < 4.78 is 44.9. The van der Waals surface area contributed by atoms with Gasteiger partial charge < -0.3 is 14.6 Å². The summed E-state index contributed by atoms with van der Waals surface area (Å²) in [4.78, 5) is 53.7. The molecule has 11 heteroatoms. The molecule has 0 unspecified atom stereocenters. The van der Waals surface area contributed by atoms with E-state index in [9.17, 15) is 24.3 Å². The van der Waals surface area contributed by atoms with Crippen LogP contribution in [0.15, 0.2) is 35.9 Å². The lowest BCUT2D eigenvalue weighted by Crippen LogP contribution is -2.70. The maximum Gasteiger partial charge on any atom is 0.349 e. The van der Waals surface area contributed by atoms with Gasteiger partial charge in [-0.2, -0.15) is 0 Å². The highest BCUT2D eigenvalue weighted by atomic mass is 32.2. The van der Waals surface area contributed by atoms with Gasteiger partial charge in [0.2, 0.25) is 5.12 Å². The molecule has 2 heterocycles. The van der Waals surface area contributed by atoms with Crippen molar-refractivity contribution >= 4 is 45.9 Å². The van der Waals surface area contributed by atoms with Gasteiger partial charge in [0.1, 0.15) is 16.3 Å². The number of thiophene rings is 1. The number of hydrogen-bond acceptors (Lipinski definition) is 9. The average molecular weight is 621 g/mol. The first-order valence-corrected chi connectivity index (χ1v) is 16.0. The Hall–Kier alpha value is -2.37. The Bertz CT molecular complexity index is 1440. The Morgan fingerprint density at radius 3 is 2.57 bits per heavy atom. The largest absolute Gasteiger partial charge is 0.465 e. The maximum absolute atomic E-state index is 17.7. The molecular weight excluding hydrogens is 586 g/mol. The number of halogens is 2. The van der Waals surface area contributed by atoms with Gasteiger partial charge in [0.05, 0.1) is 12.7 Å². The van der Waals surface area contributed by atoms with E-state index in [1.54, 1.807) is 26.0 Å². The number of ether oxygens (including phenoxy) is 2. The molecule has 1 aliphatic heterocycles. The number of aliphatic hydroxyl groups excluding tert-OH is 1. The fraction of sp³-hybridized carbons (Fsp3) is 0.613. The van der Waals surface area contributed by atoms with E-state index < -0.39 is 80.2 Å². The van der Waals surface area contributed by atoms with Gasteiger partial charge in [-0.05, 0) is 68.9 Å². The highest BCUT2D eigenvalue weighted by molar-refractivity contribution is 8.14. The molecule has 42 heavy (non-hydrogen) atoms. The Labute approximate surface area is 251 Å². The number of ketones is 1. The lowest BCUT2D eigenvalue weighted by atomic mass is 9.44. The standard InChI is InChI=1S/C31H34F2O7S2/c1-15-11-18-19-13-21(32)20-12-17(34)7-9-28(20,3)30(19,33)24(35)14-29(18,4)31(15,27(38)42-23-8-10-39-25(23)36)40-26(37)22-6-5-16(2)41-22/h5-7,9,12,15,18-19,21,23-24,35H,8,10-11,13-14H2,1-4H3/t15-,18+,19+,21+,23+,24+,28+,29+,30+,31+/m1/s1. The Kier molecular flexibility index (Phi) is 6.94. The number of fused-ring (bicyclic) bond motifs is 5. The molecule has 10 atom stereocenters. The number of carbonyl (C=O) groups is 4. The zero-order valence-electron chi connectivity index (χ0n) is 23.9. The van der Waals surface area contributed by atoms with Crippen LogP contribution in [0.1, 0.15) is 61.0 Å². The highest BCUT2D eigenvalue weighted by Crippen LogP contribution is 2.72. The van der Waals surface area contributed by atoms with Gasteiger partial charge in [-0.1, -0.05) is 31.7 Å². The van der Waals surface area contributed by atoms with E-state index in [-0.39, 0.29) is 31.4 Å². The summed E-state index contributed by atoms with van der Waals surface area (Å²) in [5.74, 6) is -3.99. The summed E-state index contributed by atoms with van der Waals surface area (Å²) in [5, 5.41) is 10.4. The van der Waals surface area contributed by atoms with E-state index >= 15 is 8.78 Å². The Balaban J connectivity index is 1.46. The van der Waals surface area contributed by atoms with Crippen LogP contribution in [0.4, 0.5) is 8.78 Å². The topological polar surface area (TPSA) is 107 Å². The van der Waals surface area contributed by atoms with Crippen LogP contribution < -0.4 is 0 Å². The quantitative estimate of drug-likeness (QED) is 0.464. The van der Waals surface area contributed by atoms with E-state index in [1.165, 1.54) is 30.4 Å². The number of aliphatic hydroxyl groups is 1. The van der Waals surface area contributed by atoms with Crippen LogP contribution >= 0.6 is 23.1 Å². The minimum absolute atomic E-state index is 0.0135. The fourth-order valence-electron chi connectivity index (χ4n) is 8.76. The molecule has 0 aromatic carbocycles. The summed E-state index contributed by atoms with van der Waals surface area (Å²) in [6, 6.07) is 3.38. The van der Waals surface area contributed by atoms with Crippen LogP contribution in [0.25, 0.3) is 0 Å². The molecule has 0 radical (unpaired) electrons.